The second-order valence-corrected chi connectivity index (χ2v) is 5.21. The molecule has 0 radical (unpaired) electrons. The topological polar surface area (TPSA) is 12.0 Å². The van der Waals surface area contributed by atoms with Crippen LogP contribution in [0.15, 0.2) is 18.2 Å². The highest BCUT2D eigenvalue weighted by Crippen LogP contribution is 2.34. The van der Waals surface area contributed by atoms with E-state index in [1.165, 1.54) is 25.0 Å². The van der Waals surface area contributed by atoms with Crippen molar-refractivity contribution in [2.45, 2.75) is 45.1 Å². The summed E-state index contributed by atoms with van der Waals surface area (Å²) < 4.78 is 26.1. The van der Waals surface area contributed by atoms with Crippen molar-refractivity contribution in [3.05, 3.63) is 35.4 Å². The minimum Gasteiger partial charge on any atom is -0.314 e. The molecule has 1 aromatic carbocycles. The molecule has 1 fully saturated rings. The SMILES string of the molecule is CCCNC(CCc1cc(F)cc(F)c1)C1CC1. The third-order valence-electron chi connectivity index (χ3n) is 3.51. The van der Waals surface area contributed by atoms with Crippen molar-refractivity contribution in [1.82, 2.24) is 5.32 Å². The summed E-state index contributed by atoms with van der Waals surface area (Å²) in [7, 11) is 0. The molecule has 1 N–H and O–H groups in total. The molecular formula is C15H21F2N. The zero-order valence-corrected chi connectivity index (χ0v) is 10.9. The van der Waals surface area contributed by atoms with Crippen molar-refractivity contribution in [3.8, 4) is 0 Å². The van der Waals surface area contributed by atoms with E-state index in [1.807, 2.05) is 0 Å². The van der Waals surface area contributed by atoms with Crippen LogP contribution in [0, 0.1) is 17.6 Å². The Kier molecular flexibility index (Phi) is 4.70. The molecule has 0 aliphatic heterocycles. The highest BCUT2D eigenvalue weighted by molar-refractivity contribution is 5.18. The van der Waals surface area contributed by atoms with Gasteiger partial charge in [-0.2, -0.15) is 0 Å². The Morgan fingerprint density at radius 3 is 2.44 bits per heavy atom. The van der Waals surface area contributed by atoms with E-state index in [0.717, 1.165) is 43.4 Å². The maximum absolute atomic E-state index is 13.1. The van der Waals surface area contributed by atoms with Gasteiger partial charge in [0.1, 0.15) is 11.6 Å². The molecule has 2 rings (SSSR count). The molecule has 0 heterocycles. The van der Waals surface area contributed by atoms with Crippen molar-refractivity contribution in [2.24, 2.45) is 5.92 Å². The minimum absolute atomic E-state index is 0.477. The average molecular weight is 253 g/mol. The Hall–Kier alpha value is -0.960. The van der Waals surface area contributed by atoms with Crippen LogP contribution >= 0.6 is 0 Å². The molecule has 1 aliphatic rings. The standard InChI is InChI=1S/C15H21F2N/c1-2-7-18-15(12-4-5-12)6-3-11-8-13(16)10-14(17)9-11/h8-10,12,15,18H,2-7H2,1H3. The van der Waals surface area contributed by atoms with Crippen LogP contribution in [0.25, 0.3) is 0 Å². The zero-order chi connectivity index (χ0) is 13.0. The summed E-state index contributed by atoms with van der Waals surface area (Å²) in [5, 5.41) is 3.54. The van der Waals surface area contributed by atoms with Gasteiger partial charge in [0.2, 0.25) is 0 Å². The van der Waals surface area contributed by atoms with Gasteiger partial charge in [-0.15, -0.1) is 0 Å². The second kappa shape index (κ2) is 6.28. The molecule has 0 saturated heterocycles. The molecule has 0 spiro atoms. The fourth-order valence-corrected chi connectivity index (χ4v) is 2.41. The van der Waals surface area contributed by atoms with Crippen LogP contribution in [-0.4, -0.2) is 12.6 Å². The lowest BCUT2D eigenvalue weighted by Crippen LogP contribution is -2.32. The smallest absolute Gasteiger partial charge is 0.126 e. The predicted molar refractivity (Wildman–Crippen MR) is 69.5 cm³/mol. The summed E-state index contributed by atoms with van der Waals surface area (Å²) in [5.74, 6) is -0.182. The van der Waals surface area contributed by atoms with Gasteiger partial charge in [0, 0.05) is 12.1 Å². The average Bonchev–Trinajstić information content (AvgIpc) is 3.12. The Bertz CT molecular complexity index is 368. The fraction of sp³-hybridized carbons (Fsp3) is 0.600. The summed E-state index contributed by atoms with van der Waals surface area (Å²) in [4.78, 5) is 0. The molecule has 0 aromatic heterocycles. The largest absolute Gasteiger partial charge is 0.314 e. The fourth-order valence-electron chi connectivity index (χ4n) is 2.41. The highest BCUT2D eigenvalue weighted by Gasteiger charge is 2.30. The van der Waals surface area contributed by atoms with Crippen LogP contribution in [0.1, 0.15) is 38.2 Å². The molecular weight excluding hydrogens is 232 g/mol. The van der Waals surface area contributed by atoms with Gasteiger partial charge in [-0.05, 0) is 62.3 Å². The van der Waals surface area contributed by atoms with E-state index in [4.69, 9.17) is 0 Å². The van der Waals surface area contributed by atoms with E-state index in [-0.39, 0.29) is 0 Å². The Balaban J connectivity index is 1.87. The first-order valence-corrected chi connectivity index (χ1v) is 6.87. The monoisotopic (exact) mass is 253 g/mol. The molecule has 0 bridgehead atoms. The number of rotatable bonds is 7. The lowest BCUT2D eigenvalue weighted by atomic mass is 10.0. The summed E-state index contributed by atoms with van der Waals surface area (Å²) >= 11 is 0. The van der Waals surface area contributed by atoms with Gasteiger partial charge in [-0.1, -0.05) is 6.92 Å². The number of hydrogen-bond donors (Lipinski definition) is 1. The van der Waals surface area contributed by atoms with Gasteiger partial charge in [0.15, 0.2) is 0 Å². The number of halogens is 2. The summed E-state index contributed by atoms with van der Waals surface area (Å²) in [6.07, 6.45) is 5.41. The van der Waals surface area contributed by atoms with Crippen LogP contribution in [0.3, 0.4) is 0 Å². The molecule has 1 aromatic rings. The van der Waals surface area contributed by atoms with Crippen LogP contribution in [-0.2, 0) is 6.42 Å². The van der Waals surface area contributed by atoms with Crippen LogP contribution < -0.4 is 5.32 Å². The van der Waals surface area contributed by atoms with E-state index in [1.54, 1.807) is 0 Å². The van der Waals surface area contributed by atoms with E-state index in [9.17, 15) is 8.78 Å². The van der Waals surface area contributed by atoms with E-state index in [2.05, 4.69) is 12.2 Å². The molecule has 1 unspecified atom stereocenters. The second-order valence-electron chi connectivity index (χ2n) is 5.21. The highest BCUT2D eigenvalue weighted by atomic mass is 19.1. The normalized spacial score (nSPS) is 16.8. The maximum atomic E-state index is 13.1. The lowest BCUT2D eigenvalue weighted by Gasteiger charge is -2.17. The number of hydrogen-bond acceptors (Lipinski definition) is 1. The summed E-state index contributed by atoms with van der Waals surface area (Å²) in [6.45, 7) is 3.18. The van der Waals surface area contributed by atoms with Gasteiger partial charge in [-0.3, -0.25) is 0 Å². The van der Waals surface area contributed by atoms with Crippen LogP contribution in [0.4, 0.5) is 8.78 Å². The molecule has 100 valence electrons. The molecule has 1 aliphatic carbocycles. The van der Waals surface area contributed by atoms with Crippen molar-refractivity contribution < 1.29 is 8.78 Å². The Labute approximate surface area is 108 Å². The van der Waals surface area contributed by atoms with Crippen LogP contribution in [0.2, 0.25) is 0 Å². The summed E-state index contributed by atoms with van der Waals surface area (Å²) in [5.41, 5.74) is 0.761. The Morgan fingerprint density at radius 2 is 1.89 bits per heavy atom. The molecule has 1 nitrogen and oxygen atoms in total. The van der Waals surface area contributed by atoms with Crippen LogP contribution in [0.5, 0.6) is 0 Å². The number of nitrogens with one attached hydrogen (secondary N) is 1. The van der Waals surface area contributed by atoms with Gasteiger partial charge >= 0.3 is 0 Å². The molecule has 3 heteroatoms. The number of benzene rings is 1. The van der Waals surface area contributed by atoms with E-state index < -0.39 is 11.6 Å². The third-order valence-corrected chi connectivity index (χ3v) is 3.51. The zero-order valence-electron chi connectivity index (χ0n) is 10.9. The van der Waals surface area contributed by atoms with Gasteiger partial charge in [0.05, 0.1) is 0 Å². The number of aryl methyl sites for hydroxylation is 1. The molecule has 1 saturated carbocycles. The van der Waals surface area contributed by atoms with Gasteiger partial charge in [-0.25, -0.2) is 8.78 Å². The van der Waals surface area contributed by atoms with Crippen molar-refractivity contribution in [3.63, 3.8) is 0 Å². The lowest BCUT2D eigenvalue weighted by molar-refractivity contribution is 0.435. The summed E-state index contributed by atoms with van der Waals surface area (Å²) in [6, 6.07) is 4.31. The first kappa shape index (κ1) is 13.5. The van der Waals surface area contributed by atoms with Gasteiger partial charge < -0.3 is 5.32 Å². The molecule has 0 amide bonds. The predicted octanol–water partition coefficient (Wildman–Crippen LogP) is 3.68. The maximum Gasteiger partial charge on any atom is 0.126 e. The van der Waals surface area contributed by atoms with E-state index >= 15 is 0 Å². The van der Waals surface area contributed by atoms with E-state index in [0.29, 0.717) is 6.04 Å². The van der Waals surface area contributed by atoms with Crippen molar-refractivity contribution >= 4 is 0 Å². The first-order valence-electron chi connectivity index (χ1n) is 6.87. The third kappa shape index (κ3) is 4.05. The molecule has 1 atom stereocenters. The van der Waals surface area contributed by atoms with Crippen molar-refractivity contribution in [2.75, 3.05) is 6.54 Å². The Morgan fingerprint density at radius 1 is 1.22 bits per heavy atom. The van der Waals surface area contributed by atoms with Crippen molar-refractivity contribution in [1.29, 1.82) is 0 Å². The van der Waals surface area contributed by atoms with Gasteiger partial charge in [0.25, 0.3) is 0 Å². The quantitative estimate of drug-likeness (QED) is 0.781. The first-order chi connectivity index (χ1) is 8.69. The molecule has 18 heavy (non-hydrogen) atoms. The minimum atomic E-state index is -0.477.